The minimum atomic E-state index is -0.487. The first-order chi connectivity index (χ1) is 12.4. The van der Waals surface area contributed by atoms with E-state index in [0.29, 0.717) is 37.5 Å². The Morgan fingerprint density at radius 3 is 2.69 bits per heavy atom. The van der Waals surface area contributed by atoms with Crippen molar-refractivity contribution >= 4 is 45.1 Å². The molecule has 0 atom stereocenters. The van der Waals surface area contributed by atoms with Crippen LogP contribution in [0.4, 0.5) is 0 Å². The van der Waals surface area contributed by atoms with E-state index in [-0.39, 0.29) is 12.1 Å². The summed E-state index contributed by atoms with van der Waals surface area (Å²) in [6.07, 6.45) is 1.45. The summed E-state index contributed by atoms with van der Waals surface area (Å²) in [5.74, 6) is 0. The highest BCUT2D eigenvalue weighted by Gasteiger charge is 2.11. The summed E-state index contributed by atoms with van der Waals surface area (Å²) in [5.41, 5.74) is 1.70. The SMILES string of the molecule is Cc1cc2oc(=O)cc(Cn3cnc4ccc(Cl)cc4c3=O)c2cc1Cl. The van der Waals surface area contributed by atoms with E-state index >= 15 is 0 Å². The van der Waals surface area contributed by atoms with Crippen LogP contribution < -0.4 is 11.2 Å². The molecule has 2 aromatic carbocycles. The van der Waals surface area contributed by atoms with Crippen molar-refractivity contribution in [3.05, 3.63) is 84.7 Å². The molecule has 0 amide bonds. The summed E-state index contributed by atoms with van der Waals surface area (Å²) in [6.45, 7) is 1.99. The molecule has 2 heterocycles. The molecular weight excluding hydrogens is 375 g/mol. The predicted octanol–water partition coefficient (Wildman–Crippen LogP) is 4.17. The van der Waals surface area contributed by atoms with Crippen molar-refractivity contribution in [1.82, 2.24) is 9.55 Å². The van der Waals surface area contributed by atoms with Gasteiger partial charge in [-0.1, -0.05) is 23.2 Å². The van der Waals surface area contributed by atoms with Crippen LogP contribution >= 0.6 is 23.2 Å². The molecule has 0 saturated carbocycles. The zero-order valence-electron chi connectivity index (χ0n) is 13.6. The topological polar surface area (TPSA) is 65.1 Å². The van der Waals surface area contributed by atoms with Gasteiger partial charge in [0, 0.05) is 21.5 Å². The minimum Gasteiger partial charge on any atom is -0.423 e. The van der Waals surface area contributed by atoms with E-state index in [0.717, 1.165) is 5.56 Å². The molecule has 7 heteroatoms. The van der Waals surface area contributed by atoms with Crippen LogP contribution in [0.2, 0.25) is 10.0 Å². The third-order valence-corrected chi connectivity index (χ3v) is 4.88. The molecule has 0 aliphatic rings. The van der Waals surface area contributed by atoms with Crippen molar-refractivity contribution in [1.29, 1.82) is 0 Å². The lowest BCUT2D eigenvalue weighted by Crippen LogP contribution is -2.21. The van der Waals surface area contributed by atoms with E-state index < -0.39 is 5.63 Å². The number of fused-ring (bicyclic) bond motifs is 2. The summed E-state index contributed by atoms with van der Waals surface area (Å²) in [4.78, 5) is 29.0. The highest BCUT2D eigenvalue weighted by atomic mass is 35.5. The largest absolute Gasteiger partial charge is 0.423 e. The average molecular weight is 387 g/mol. The van der Waals surface area contributed by atoms with E-state index in [9.17, 15) is 9.59 Å². The molecule has 0 bridgehead atoms. The van der Waals surface area contributed by atoms with E-state index in [4.69, 9.17) is 27.6 Å². The Kier molecular flexibility index (Phi) is 4.05. The van der Waals surface area contributed by atoms with Gasteiger partial charge >= 0.3 is 5.63 Å². The summed E-state index contributed by atoms with van der Waals surface area (Å²) >= 11 is 12.2. The maximum Gasteiger partial charge on any atom is 0.336 e. The van der Waals surface area contributed by atoms with Crippen LogP contribution in [0.1, 0.15) is 11.1 Å². The molecule has 0 fully saturated rings. The Hall–Kier alpha value is -2.63. The number of benzene rings is 2. The molecule has 0 aliphatic heterocycles. The van der Waals surface area contributed by atoms with Crippen molar-refractivity contribution in [2.45, 2.75) is 13.5 Å². The molecule has 4 aromatic rings. The fourth-order valence-corrected chi connectivity index (χ4v) is 3.24. The van der Waals surface area contributed by atoms with Crippen LogP contribution in [-0.4, -0.2) is 9.55 Å². The molecule has 0 spiro atoms. The zero-order chi connectivity index (χ0) is 18.4. The number of aromatic nitrogens is 2. The van der Waals surface area contributed by atoms with Crippen LogP contribution in [0.25, 0.3) is 21.9 Å². The number of aryl methyl sites for hydroxylation is 1. The van der Waals surface area contributed by atoms with Gasteiger partial charge in [-0.15, -0.1) is 0 Å². The predicted molar refractivity (Wildman–Crippen MR) is 102 cm³/mol. The maximum absolute atomic E-state index is 12.8. The third-order valence-electron chi connectivity index (χ3n) is 4.24. The molecule has 4 rings (SSSR count). The molecule has 2 aromatic heterocycles. The number of rotatable bonds is 2. The molecular formula is C19H12Cl2N2O3. The van der Waals surface area contributed by atoms with Gasteiger partial charge in [0.05, 0.1) is 23.8 Å². The van der Waals surface area contributed by atoms with Gasteiger partial charge in [-0.3, -0.25) is 9.36 Å². The highest BCUT2D eigenvalue weighted by molar-refractivity contribution is 6.32. The van der Waals surface area contributed by atoms with Crippen molar-refractivity contribution in [2.24, 2.45) is 0 Å². The second kappa shape index (κ2) is 6.27. The third kappa shape index (κ3) is 2.89. The molecule has 0 N–H and O–H groups in total. The Bertz CT molecular complexity index is 1290. The Morgan fingerprint density at radius 1 is 1.08 bits per heavy atom. The van der Waals surface area contributed by atoms with Gasteiger partial charge < -0.3 is 4.42 Å². The van der Waals surface area contributed by atoms with Gasteiger partial charge in [0.15, 0.2) is 0 Å². The molecule has 0 aliphatic carbocycles. The summed E-state index contributed by atoms with van der Waals surface area (Å²) in [5, 5.41) is 2.12. The van der Waals surface area contributed by atoms with Gasteiger partial charge in [0.25, 0.3) is 5.56 Å². The Morgan fingerprint density at radius 2 is 1.88 bits per heavy atom. The zero-order valence-corrected chi connectivity index (χ0v) is 15.1. The van der Waals surface area contributed by atoms with Gasteiger partial charge in [0.1, 0.15) is 5.58 Å². The number of halogens is 2. The van der Waals surface area contributed by atoms with Crippen molar-refractivity contribution in [3.63, 3.8) is 0 Å². The standard InChI is InChI=1S/C19H12Cl2N2O3/c1-10-4-17-13(7-15(10)21)11(5-18(24)26-17)8-23-9-22-16-3-2-12(20)6-14(16)19(23)25/h2-7,9H,8H2,1H3. The lowest BCUT2D eigenvalue weighted by atomic mass is 10.1. The van der Waals surface area contributed by atoms with Crippen molar-refractivity contribution in [3.8, 4) is 0 Å². The lowest BCUT2D eigenvalue weighted by Gasteiger charge is -2.10. The molecule has 0 saturated heterocycles. The minimum absolute atomic E-state index is 0.162. The highest BCUT2D eigenvalue weighted by Crippen LogP contribution is 2.25. The molecule has 130 valence electrons. The second-order valence-electron chi connectivity index (χ2n) is 6.03. The van der Waals surface area contributed by atoms with E-state index in [1.807, 2.05) is 6.92 Å². The number of hydrogen-bond donors (Lipinski definition) is 0. The Balaban J connectivity index is 1.91. The number of hydrogen-bond acceptors (Lipinski definition) is 4. The molecule has 26 heavy (non-hydrogen) atoms. The Labute approximate surface area is 157 Å². The van der Waals surface area contributed by atoms with Crippen molar-refractivity contribution in [2.75, 3.05) is 0 Å². The summed E-state index contributed by atoms with van der Waals surface area (Å²) in [7, 11) is 0. The van der Waals surface area contributed by atoms with E-state index in [1.54, 1.807) is 30.3 Å². The van der Waals surface area contributed by atoms with Crippen LogP contribution in [0.15, 0.2) is 56.7 Å². The lowest BCUT2D eigenvalue weighted by molar-refractivity contribution is 0.557. The molecule has 0 unspecified atom stereocenters. The normalized spacial score (nSPS) is 11.3. The quantitative estimate of drug-likeness (QED) is 0.485. The smallest absolute Gasteiger partial charge is 0.336 e. The number of nitrogens with zero attached hydrogens (tertiary/aromatic N) is 2. The first-order valence-electron chi connectivity index (χ1n) is 7.80. The van der Waals surface area contributed by atoms with Gasteiger partial charge in [-0.25, -0.2) is 9.78 Å². The first kappa shape index (κ1) is 16.8. The molecule has 0 radical (unpaired) electrons. The van der Waals surface area contributed by atoms with Gasteiger partial charge in [-0.05, 0) is 48.4 Å². The van der Waals surface area contributed by atoms with Gasteiger partial charge in [-0.2, -0.15) is 0 Å². The van der Waals surface area contributed by atoms with E-state index in [2.05, 4.69) is 4.98 Å². The van der Waals surface area contributed by atoms with Gasteiger partial charge in [0.2, 0.25) is 0 Å². The molecule has 5 nitrogen and oxygen atoms in total. The van der Waals surface area contributed by atoms with Crippen LogP contribution in [-0.2, 0) is 6.54 Å². The summed E-state index contributed by atoms with van der Waals surface area (Å²) in [6, 6.07) is 9.77. The second-order valence-corrected chi connectivity index (χ2v) is 6.87. The van der Waals surface area contributed by atoms with E-state index in [1.165, 1.54) is 17.0 Å². The maximum atomic E-state index is 12.8. The fraction of sp³-hybridized carbons (Fsp3) is 0.105. The average Bonchev–Trinajstić information content (AvgIpc) is 2.59. The van der Waals surface area contributed by atoms with Crippen LogP contribution in [0.3, 0.4) is 0 Å². The first-order valence-corrected chi connectivity index (χ1v) is 8.55. The van der Waals surface area contributed by atoms with Crippen LogP contribution in [0, 0.1) is 6.92 Å². The van der Waals surface area contributed by atoms with Crippen LogP contribution in [0.5, 0.6) is 0 Å². The monoisotopic (exact) mass is 386 g/mol. The van der Waals surface area contributed by atoms with Crippen molar-refractivity contribution < 1.29 is 4.42 Å². The fourth-order valence-electron chi connectivity index (χ4n) is 2.91. The summed E-state index contributed by atoms with van der Waals surface area (Å²) < 4.78 is 6.69.